The van der Waals surface area contributed by atoms with Gasteiger partial charge in [-0.25, -0.2) is 9.59 Å². The van der Waals surface area contributed by atoms with Gasteiger partial charge in [-0.15, -0.1) is 11.8 Å². The number of anilines is 1. The Hall–Kier alpha value is -1.61. The Bertz CT molecular complexity index is 816. The summed E-state index contributed by atoms with van der Waals surface area (Å²) >= 11 is 18.2. The average molecular weight is 465 g/mol. The van der Waals surface area contributed by atoms with Crippen molar-refractivity contribution in [2.75, 3.05) is 11.9 Å². The summed E-state index contributed by atoms with van der Waals surface area (Å²) in [6.07, 6.45) is 1.61. The minimum atomic E-state index is -1.75. The summed E-state index contributed by atoms with van der Waals surface area (Å²) < 4.78 is 3.24. The maximum Gasteiger partial charge on any atom is 0.354 e. The molecule has 2 aliphatic heterocycles. The highest BCUT2D eigenvalue weighted by atomic mass is 35.6. The van der Waals surface area contributed by atoms with Crippen LogP contribution in [0.15, 0.2) is 42.1 Å². The maximum atomic E-state index is 12.5. The molecule has 1 saturated heterocycles. The number of urea groups is 1. The van der Waals surface area contributed by atoms with Gasteiger partial charge < -0.3 is 15.4 Å². The molecule has 3 rings (SSSR count). The van der Waals surface area contributed by atoms with Crippen molar-refractivity contribution in [1.82, 2.24) is 10.2 Å². The second-order valence-corrected chi connectivity index (χ2v) is 10.1. The molecule has 1 fully saturated rings. The number of benzene rings is 1. The number of para-hydroxylation sites is 1. The van der Waals surface area contributed by atoms with Gasteiger partial charge in [-0.3, -0.25) is 9.69 Å². The van der Waals surface area contributed by atoms with E-state index in [0.717, 1.165) is 0 Å². The number of carbonyl (C=O) groups is 3. The molecule has 0 saturated carbocycles. The lowest BCUT2D eigenvalue weighted by Crippen LogP contribution is -2.71. The zero-order chi connectivity index (χ0) is 20.5. The summed E-state index contributed by atoms with van der Waals surface area (Å²) in [5.74, 6) is -1.17. The van der Waals surface area contributed by atoms with E-state index in [9.17, 15) is 14.4 Å². The van der Waals surface area contributed by atoms with Gasteiger partial charge in [0, 0.05) is 10.9 Å². The van der Waals surface area contributed by atoms with Crippen molar-refractivity contribution in [2.24, 2.45) is 0 Å². The molecule has 0 aliphatic carbocycles. The molecule has 11 heteroatoms. The SMILES string of the molecule is CC1C=C(C(=O)OCC(Cl)(Cl)Cl)N2C(=O)C(NC(=O)Nc3ccccc3)[C@H]2S1. The van der Waals surface area contributed by atoms with Crippen LogP contribution in [0.4, 0.5) is 10.5 Å². The largest absolute Gasteiger partial charge is 0.456 e. The molecule has 3 atom stereocenters. The Morgan fingerprint density at radius 3 is 2.57 bits per heavy atom. The van der Waals surface area contributed by atoms with Crippen molar-refractivity contribution in [3.8, 4) is 0 Å². The van der Waals surface area contributed by atoms with Gasteiger partial charge in [-0.2, -0.15) is 0 Å². The molecule has 28 heavy (non-hydrogen) atoms. The normalized spacial score (nSPS) is 23.9. The summed E-state index contributed by atoms with van der Waals surface area (Å²) in [4.78, 5) is 38.4. The number of hydrogen-bond acceptors (Lipinski definition) is 5. The van der Waals surface area contributed by atoms with Crippen LogP contribution in [-0.4, -0.2) is 49.9 Å². The molecule has 2 unspecified atom stereocenters. The Morgan fingerprint density at radius 1 is 1.25 bits per heavy atom. The van der Waals surface area contributed by atoms with E-state index < -0.39 is 39.7 Å². The molecule has 2 N–H and O–H groups in total. The number of halogens is 3. The highest BCUT2D eigenvalue weighted by Crippen LogP contribution is 2.41. The standard InChI is InChI=1S/C17H16Cl3N3O4S/c1-9-7-11(15(25)27-8-17(18,19)20)23-13(24)12(14(23)28-9)22-16(26)21-10-5-3-2-4-6-10/h2-7,9,12,14H,8H2,1H3,(H2,21,22,26)/t9?,12?,14-/m1/s1. The number of ether oxygens (including phenoxy) is 1. The molecule has 1 aromatic rings. The monoisotopic (exact) mass is 463 g/mol. The van der Waals surface area contributed by atoms with Gasteiger partial charge in [-0.1, -0.05) is 53.0 Å². The topological polar surface area (TPSA) is 87.7 Å². The highest BCUT2D eigenvalue weighted by Gasteiger charge is 2.54. The number of nitrogens with one attached hydrogen (secondary N) is 2. The smallest absolute Gasteiger partial charge is 0.354 e. The number of fused-ring (bicyclic) bond motifs is 1. The summed E-state index contributed by atoms with van der Waals surface area (Å²) in [6.45, 7) is 1.43. The van der Waals surface area contributed by atoms with E-state index in [-0.39, 0.29) is 10.9 Å². The van der Waals surface area contributed by atoms with Crippen molar-refractivity contribution in [3.63, 3.8) is 0 Å². The van der Waals surface area contributed by atoms with Gasteiger partial charge in [0.1, 0.15) is 23.7 Å². The van der Waals surface area contributed by atoms with E-state index in [1.165, 1.54) is 16.7 Å². The van der Waals surface area contributed by atoms with E-state index in [0.29, 0.717) is 5.69 Å². The minimum Gasteiger partial charge on any atom is -0.456 e. The van der Waals surface area contributed by atoms with E-state index in [4.69, 9.17) is 39.5 Å². The number of nitrogens with zero attached hydrogens (tertiary/aromatic N) is 1. The van der Waals surface area contributed by atoms with E-state index >= 15 is 0 Å². The van der Waals surface area contributed by atoms with Gasteiger partial charge in [0.05, 0.1) is 0 Å². The van der Waals surface area contributed by atoms with Crippen molar-refractivity contribution < 1.29 is 19.1 Å². The third-order valence-electron chi connectivity index (χ3n) is 3.94. The predicted octanol–water partition coefficient (Wildman–Crippen LogP) is 3.28. The lowest BCUT2D eigenvalue weighted by atomic mass is 10.0. The molecule has 7 nitrogen and oxygen atoms in total. The Balaban J connectivity index is 1.64. The van der Waals surface area contributed by atoms with Crippen molar-refractivity contribution in [3.05, 3.63) is 42.1 Å². The zero-order valence-electron chi connectivity index (χ0n) is 14.5. The van der Waals surface area contributed by atoms with Crippen LogP contribution in [0.3, 0.4) is 0 Å². The first kappa shape index (κ1) is 21.1. The minimum absolute atomic E-state index is 0.0776. The van der Waals surface area contributed by atoms with Gasteiger partial charge in [0.25, 0.3) is 5.91 Å². The van der Waals surface area contributed by atoms with E-state index in [1.54, 1.807) is 30.3 Å². The second kappa shape index (κ2) is 8.41. The van der Waals surface area contributed by atoms with E-state index in [2.05, 4.69) is 10.6 Å². The number of rotatable bonds is 4. The molecule has 3 amide bonds. The fraction of sp³-hybridized carbons (Fsp3) is 0.353. The van der Waals surface area contributed by atoms with Gasteiger partial charge in [0.15, 0.2) is 0 Å². The van der Waals surface area contributed by atoms with E-state index in [1.807, 2.05) is 13.0 Å². The van der Waals surface area contributed by atoms with Crippen LogP contribution in [0.1, 0.15) is 6.92 Å². The highest BCUT2D eigenvalue weighted by molar-refractivity contribution is 8.00. The molecule has 0 radical (unpaired) electrons. The second-order valence-electron chi connectivity index (χ2n) is 6.13. The number of alkyl halides is 3. The van der Waals surface area contributed by atoms with Gasteiger partial charge in [0.2, 0.25) is 3.79 Å². The molecule has 150 valence electrons. The van der Waals surface area contributed by atoms with Crippen LogP contribution >= 0.6 is 46.6 Å². The van der Waals surface area contributed by atoms with Gasteiger partial charge >= 0.3 is 12.0 Å². The number of amides is 3. The summed E-state index contributed by atoms with van der Waals surface area (Å²) in [5, 5.41) is 4.80. The molecule has 0 bridgehead atoms. The van der Waals surface area contributed by atoms with Crippen LogP contribution in [0.2, 0.25) is 0 Å². The number of β-lactam (4-membered cyclic amide) rings is 1. The first-order chi connectivity index (χ1) is 13.2. The van der Waals surface area contributed by atoms with Crippen molar-refractivity contribution in [2.45, 2.75) is 27.4 Å². The van der Waals surface area contributed by atoms with Crippen LogP contribution < -0.4 is 10.6 Å². The first-order valence-corrected chi connectivity index (χ1v) is 10.3. The molecule has 0 aromatic heterocycles. The summed E-state index contributed by atoms with van der Waals surface area (Å²) in [5.41, 5.74) is 0.682. The summed E-state index contributed by atoms with van der Waals surface area (Å²) in [7, 11) is 0. The summed E-state index contributed by atoms with van der Waals surface area (Å²) in [6, 6.07) is 7.58. The number of carbonyl (C=O) groups excluding carboxylic acids is 3. The van der Waals surface area contributed by atoms with Gasteiger partial charge in [-0.05, 0) is 25.1 Å². The fourth-order valence-corrected chi connectivity index (χ4v) is 4.26. The molecular weight excluding hydrogens is 449 g/mol. The van der Waals surface area contributed by atoms with Crippen LogP contribution in [0, 0.1) is 0 Å². The number of esters is 1. The third-order valence-corrected chi connectivity index (χ3v) is 5.60. The first-order valence-electron chi connectivity index (χ1n) is 8.22. The number of hydrogen-bond donors (Lipinski definition) is 2. The van der Waals surface area contributed by atoms with Crippen LogP contribution in [0.25, 0.3) is 0 Å². The molecule has 1 aromatic carbocycles. The fourth-order valence-electron chi connectivity index (χ4n) is 2.77. The quantitative estimate of drug-likeness (QED) is 0.406. The molecule has 2 aliphatic rings. The third kappa shape index (κ3) is 4.86. The average Bonchev–Trinajstić information content (AvgIpc) is 2.63. The zero-order valence-corrected chi connectivity index (χ0v) is 17.6. The van der Waals surface area contributed by atoms with Crippen LogP contribution in [-0.2, 0) is 14.3 Å². The molecule has 0 spiro atoms. The Morgan fingerprint density at radius 2 is 1.93 bits per heavy atom. The Kier molecular flexibility index (Phi) is 6.34. The lowest BCUT2D eigenvalue weighted by molar-refractivity contribution is -0.151. The predicted molar refractivity (Wildman–Crippen MR) is 109 cm³/mol. The molecule has 2 heterocycles. The van der Waals surface area contributed by atoms with Crippen molar-refractivity contribution >= 4 is 70.2 Å². The van der Waals surface area contributed by atoms with Crippen molar-refractivity contribution in [1.29, 1.82) is 0 Å². The van der Waals surface area contributed by atoms with Crippen LogP contribution in [0.5, 0.6) is 0 Å². The lowest BCUT2D eigenvalue weighted by Gasteiger charge is -2.49. The maximum absolute atomic E-state index is 12.5. The number of thioether (sulfide) groups is 1. The molecular formula is C17H16Cl3N3O4S. The Labute approximate surface area is 180 Å².